The molecule has 1 aliphatic heterocycles. The second kappa shape index (κ2) is 5.40. The van der Waals surface area contributed by atoms with Gasteiger partial charge in [-0.1, -0.05) is 0 Å². The Hall–Kier alpha value is -3.03. The molecule has 3 amide bonds. The van der Waals surface area contributed by atoms with Crippen LogP contribution in [0.25, 0.3) is 0 Å². The molecule has 0 saturated carbocycles. The third-order valence-corrected chi connectivity index (χ3v) is 3.50. The van der Waals surface area contributed by atoms with E-state index >= 15 is 0 Å². The maximum Gasteiger partial charge on any atom is 0.320 e. The number of carbonyl (C=O) groups excluding carboxylic acids is 2. The molecule has 0 atom stereocenters. The van der Waals surface area contributed by atoms with Crippen LogP contribution in [-0.4, -0.2) is 35.3 Å². The summed E-state index contributed by atoms with van der Waals surface area (Å²) in [7, 11) is 1.55. The second-order valence-corrected chi connectivity index (χ2v) is 4.88. The normalized spacial score (nSPS) is 12.9. The lowest BCUT2D eigenvalue weighted by molar-refractivity contribution is 0.100. The molecule has 1 aromatic carbocycles. The van der Waals surface area contributed by atoms with Crippen molar-refractivity contribution in [2.24, 2.45) is 5.73 Å². The smallest absolute Gasteiger partial charge is 0.320 e. The number of urea groups is 1. The summed E-state index contributed by atoms with van der Waals surface area (Å²) in [6.45, 7) is 1.50. The van der Waals surface area contributed by atoms with Crippen molar-refractivity contribution in [3.63, 3.8) is 0 Å². The first-order valence-corrected chi connectivity index (χ1v) is 6.82. The van der Waals surface area contributed by atoms with Gasteiger partial charge in [-0.15, -0.1) is 0 Å². The number of nitrogens with two attached hydrogens (primary N) is 1. The van der Waals surface area contributed by atoms with Gasteiger partial charge < -0.3 is 16.0 Å². The number of aromatic nitrogens is 2. The molecule has 0 fully saturated rings. The molecule has 3 rings (SSSR count). The summed E-state index contributed by atoms with van der Waals surface area (Å²) in [5, 5.41) is 9.46. The van der Waals surface area contributed by atoms with Crippen LogP contribution in [0.2, 0.25) is 0 Å². The minimum absolute atomic E-state index is 0.311. The molecule has 0 saturated heterocycles. The molecule has 0 spiro atoms. The van der Waals surface area contributed by atoms with E-state index in [-0.39, 0.29) is 6.03 Å². The molecule has 4 N–H and O–H groups in total. The highest BCUT2D eigenvalue weighted by atomic mass is 16.2. The minimum atomic E-state index is -0.449. The number of benzene rings is 1. The van der Waals surface area contributed by atoms with Crippen LogP contribution >= 0.6 is 0 Å². The number of nitrogens with one attached hydrogen (secondary N) is 2. The van der Waals surface area contributed by atoms with Crippen molar-refractivity contribution in [2.45, 2.75) is 6.54 Å². The molecule has 0 aliphatic carbocycles. The van der Waals surface area contributed by atoms with Gasteiger partial charge in [0.2, 0.25) is 5.91 Å². The highest BCUT2D eigenvalue weighted by Gasteiger charge is 2.23. The molecule has 0 bridgehead atoms. The third-order valence-electron chi connectivity index (χ3n) is 3.50. The fraction of sp³-hybridized carbons (Fsp3) is 0.214. The molecular weight excluding hydrogens is 284 g/mol. The van der Waals surface area contributed by atoms with Crippen LogP contribution in [0.3, 0.4) is 0 Å². The molecule has 8 nitrogen and oxygen atoms in total. The number of nitrogens with zero attached hydrogens (tertiary/aromatic N) is 3. The number of anilines is 3. The minimum Gasteiger partial charge on any atom is -0.366 e. The standard InChI is InChI=1S/C14H16N6O2/c1-16-14(22)17-11-8-12-19(6-7-20(12)18-11)10-4-2-9(3-5-10)13(15)21/h2-5,8H,6-7H2,1H3,(H2,15,21)(H2,16,17,18,22). The molecule has 1 aromatic heterocycles. The maximum atomic E-state index is 11.3. The predicted molar refractivity (Wildman–Crippen MR) is 82.3 cm³/mol. The Morgan fingerprint density at radius 1 is 1.23 bits per heavy atom. The van der Waals surface area contributed by atoms with Crippen molar-refractivity contribution in [1.82, 2.24) is 15.1 Å². The summed E-state index contributed by atoms with van der Waals surface area (Å²) in [5.74, 6) is 0.932. The van der Waals surface area contributed by atoms with Gasteiger partial charge in [0.05, 0.1) is 6.54 Å². The third kappa shape index (κ3) is 2.46. The number of primary amides is 1. The highest BCUT2D eigenvalue weighted by molar-refractivity contribution is 5.93. The van der Waals surface area contributed by atoms with Gasteiger partial charge in [0.25, 0.3) is 0 Å². The van der Waals surface area contributed by atoms with Crippen LogP contribution in [-0.2, 0) is 6.54 Å². The Labute approximate surface area is 126 Å². The molecule has 1 aliphatic rings. The van der Waals surface area contributed by atoms with E-state index in [2.05, 4.69) is 20.6 Å². The van der Waals surface area contributed by atoms with Crippen molar-refractivity contribution in [2.75, 3.05) is 23.8 Å². The second-order valence-electron chi connectivity index (χ2n) is 4.88. The molecule has 0 radical (unpaired) electrons. The Morgan fingerprint density at radius 3 is 2.59 bits per heavy atom. The summed E-state index contributed by atoms with van der Waals surface area (Å²) >= 11 is 0. The first kappa shape index (κ1) is 13.9. The van der Waals surface area contributed by atoms with E-state index in [9.17, 15) is 9.59 Å². The van der Waals surface area contributed by atoms with Crippen LogP contribution in [0.15, 0.2) is 30.3 Å². The zero-order valence-electron chi connectivity index (χ0n) is 12.0. The van der Waals surface area contributed by atoms with Crippen molar-refractivity contribution in [3.05, 3.63) is 35.9 Å². The van der Waals surface area contributed by atoms with Gasteiger partial charge in [-0.3, -0.25) is 10.1 Å². The van der Waals surface area contributed by atoms with Crippen LogP contribution in [0, 0.1) is 0 Å². The van der Waals surface area contributed by atoms with Crippen LogP contribution in [0.4, 0.5) is 22.1 Å². The number of hydrogen-bond donors (Lipinski definition) is 3. The first-order valence-electron chi connectivity index (χ1n) is 6.82. The molecule has 114 valence electrons. The number of amides is 3. The zero-order chi connectivity index (χ0) is 15.7. The molecular formula is C14H16N6O2. The van der Waals surface area contributed by atoms with E-state index in [0.29, 0.717) is 11.4 Å². The Morgan fingerprint density at radius 2 is 1.95 bits per heavy atom. The quantitative estimate of drug-likeness (QED) is 0.782. The van der Waals surface area contributed by atoms with E-state index in [1.165, 1.54) is 0 Å². The summed E-state index contributed by atoms with van der Waals surface area (Å²) in [6, 6.07) is 8.57. The van der Waals surface area contributed by atoms with Crippen molar-refractivity contribution >= 4 is 29.3 Å². The topological polar surface area (TPSA) is 105 Å². The van der Waals surface area contributed by atoms with E-state index in [1.54, 1.807) is 19.2 Å². The summed E-state index contributed by atoms with van der Waals surface area (Å²) < 4.78 is 1.83. The van der Waals surface area contributed by atoms with Crippen molar-refractivity contribution in [1.29, 1.82) is 0 Å². The van der Waals surface area contributed by atoms with Crippen LogP contribution in [0.1, 0.15) is 10.4 Å². The number of hydrogen-bond acceptors (Lipinski definition) is 4. The zero-order valence-corrected chi connectivity index (χ0v) is 12.0. The largest absolute Gasteiger partial charge is 0.366 e. The molecule has 8 heteroatoms. The molecule has 2 aromatic rings. The van der Waals surface area contributed by atoms with Crippen LogP contribution in [0.5, 0.6) is 0 Å². The lowest BCUT2D eigenvalue weighted by Crippen LogP contribution is -2.24. The van der Waals surface area contributed by atoms with Gasteiger partial charge in [-0.05, 0) is 24.3 Å². The van der Waals surface area contributed by atoms with E-state index in [4.69, 9.17) is 5.73 Å². The maximum absolute atomic E-state index is 11.3. The van der Waals surface area contributed by atoms with E-state index in [0.717, 1.165) is 24.6 Å². The van der Waals surface area contributed by atoms with Gasteiger partial charge in [-0.2, -0.15) is 5.10 Å². The summed E-state index contributed by atoms with van der Waals surface area (Å²) in [4.78, 5) is 24.5. The Bertz CT molecular complexity index is 721. The van der Waals surface area contributed by atoms with Crippen LogP contribution < -0.4 is 21.3 Å². The Kier molecular flexibility index (Phi) is 3.42. The van der Waals surface area contributed by atoms with Gasteiger partial charge in [0, 0.05) is 30.9 Å². The number of carbonyl (C=O) groups is 2. The lowest BCUT2D eigenvalue weighted by atomic mass is 10.2. The lowest BCUT2D eigenvalue weighted by Gasteiger charge is -2.17. The number of fused-ring (bicyclic) bond motifs is 1. The summed E-state index contributed by atoms with van der Waals surface area (Å²) in [6.07, 6.45) is 0. The van der Waals surface area contributed by atoms with Gasteiger partial charge >= 0.3 is 6.03 Å². The summed E-state index contributed by atoms with van der Waals surface area (Å²) in [5.41, 5.74) is 6.65. The fourth-order valence-corrected chi connectivity index (χ4v) is 2.40. The average Bonchev–Trinajstić information content (AvgIpc) is 3.07. The molecule has 22 heavy (non-hydrogen) atoms. The van der Waals surface area contributed by atoms with E-state index in [1.807, 2.05) is 22.9 Å². The predicted octanol–water partition coefficient (Wildman–Crippen LogP) is 0.885. The Balaban J connectivity index is 1.84. The van der Waals surface area contributed by atoms with Gasteiger partial charge in [0.1, 0.15) is 5.82 Å². The highest BCUT2D eigenvalue weighted by Crippen LogP contribution is 2.31. The van der Waals surface area contributed by atoms with Crippen molar-refractivity contribution in [3.8, 4) is 0 Å². The van der Waals surface area contributed by atoms with E-state index < -0.39 is 5.91 Å². The first-order chi connectivity index (χ1) is 10.6. The molecule has 2 heterocycles. The monoisotopic (exact) mass is 300 g/mol. The van der Waals surface area contributed by atoms with Gasteiger partial charge in [-0.25, -0.2) is 9.48 Å². The fourth-order valence-electron chi connectivity index (χ4n) is 2.40. The van der Waals surface area contributed by atoms with Crippen molar-refractivity contribution < 1.29 is 9.59 Å². The number of rotatable bonds is 3. The SMILES string of the molecule is CNC(=O)Nc1cc2n(n1)CCN2c1ccc(C(N)=O)cc1. The van der Waals surface area contributed by atoms with Gasteiger partial charge in [0.15, 0.2) is 5.82 Å². The average molecular weight is 300 g/mol. The molecule has 0 unspecified atom stereocenters.